The molecule has 1 N–H and O–H groups in total. The van der Waals surface area contributed by atoms with Gasteiger partial charge in [-0.1, -0.05) is 0 Å². The van der Waals surface area contributed by atoms with Crippen LogP contribution < -0.4 is 5.32 Å². The molecule has 0 atom stereocenters. The summed E-state index contributed by atoms with van der Waals surface area (Å²) in [6.07, 6.45) is 1.42. The lowest BCUT2D eigenvalue weighted by atomic mass is 10.2. The number of ketones is 1. The molecule has 0 amide bonds. The summed E-state index contributed by atoms with van der Waals surface area (Å²) in [4.78, 5) is 24.0. The topological polar surface area (TPSA) is 67.2 Å². The fraction of sp³-hybridized carbons (Fsp3) is 0.250. The highest BCUT2D eigenvalue weighted by atomic mass is 19.1. The van der Waals surface area contributed by atoms with Gasteiger partial charge in [-0.2, -0.15) is 0 Å². The SMILES string of the molecule is CC(=O)C(C)=Nc1c(C)ncnc1Nc1ccc(F)cc1C. The second kappa shape index (κ2) is 6.43. The Labute approximate surface area is 128 Å². The molecule has 1 aromatic heterocycles. The van der Waals surface area contributed by atoms with Crippen LogP contribution in [0.25, 0.3) is 0 Å². The Morgan fingerprint density at radius 3 is 2.59 bits per heavy atom. The first-order valence-electron chi connectivity index (χ1n) is 6.79. The third-order valence-electron chi connectivity index (χ3n) is 3.24. The fourth-order valence-electron chi connectivity index (χ4n) is 1.83. The van der Waals surface area contributed by atoms with Gasteiger partial charge in [0.25, 0.3) is 0 Å². The number of nitrogens with one attached hydrogen (secondary N) is 1. The Morgan fingerprint density at radius 1 is 1.23 bits per heavy atom. The normalized spacial score (nSPS) is 11.4. The summed E-state index contributed by atoms with van der Waals surface area (Å²) in [6, 6.07) is 4.43. The first-order chi connectivity index (χ1) is 10.4. The van der Waals surface area contributed by atoms with E-state index in [1.54, 1.807) is 26.8 Å². The molecular weight excluding hydrogens is 283 g/mol. The number of nitrogens with zero attached hydrogens (tertiary/aromatic N) is 3. The minimum atomic E-state index is -0.299. The van der Waals surface area contributed by atoms with Gasteiger partial charge in [-0.15, -0.1) is 0 Å². The smallest absolute Gasteiger partial charge is 0.173 e. The Kier molecular flexibility index (Phi) is 4.60. The lowest BCUT2D eigenvalue weighted by Gasteiger charge is -2.12. The van der Waals surface area contributed by atoms with E-state index in [4.69, 9.17) is 0 Å². The first-order valence-corrected chi connectivity index (χ1v) is 6.79. The molecule has 0 unspecified atom stereocenters. The van der Waals surface area contributed by atoms with E-state index >= 15 is 0 Å². The number of aliphatic imine (C=N–C) groups is 1. The molecule has 0 saturated heterocycles. The highest BCUT2D eigenvalue weighted by molar-refractivity contribution is 6.38. The average molecular weight is 300 g/mol. The lowest BCUT2D eigenvalue weighted by molar-refractivity contribution is -0.111. The molecule has 0 fully saturated rings. The Bertz CT molecular complexity index is 756. The van der Waals surface area contributed by atoms with Crippen molar-refractivity contribution in [1.29, 1.82) is 0 Å². The Hall–Kier alpha value is -2.63. The van der Waals surface area contributed by atoms with Crippen molar-refractivity contribution in [1.82, 2.24) is 9.97 Å². The molecule has 0 aliphatic rings. The summed E-state index contributed by atoms with van der Waals surface area (Å²) in [7, 11) is 0. The number of benzene rings is 1. The maximum absolute atomic E-state index is 13.2. The van der Waals surface area contributed by atoms with E-state index in [0.29, 0.717) is 22.9 Å². The number of aryl methyl sites for hydroxylation is 2. The van der Waals surface area contributed by atoms with Crippen LogP contribution in [0.1, 0.15) is 25.1 Å². The summed E-state index contributed by atoms with van der Waals surface area (Å²) in [6.45, 7) is 6.68. The van der Waals surface area contributed by atoms with Gasteiger partial charge < -0.3 is 5.32 Å². The van der Waals surface area contributed by atoms with Gasteiger partial charge >= 0.3 is 0 Å². The van der Waals surface area contributed by atoms with Crippen LogP contribution in [-0.4, -0.2) is 21.5 Å². The summed E-state index contributed by atoms with van der Waals surface area (Å²) in [5.41, 5.74) is 2.99. The highest BCUT2D eigenvalue weighted by Gasteiger charge is 2.11. The van der Waals surface area contributed by atoms with Crippen LogP contribution in [0, 0.1) is 19.7 Å². The van der Waals surface area contributed by atoms with E-state index in [0.717, 1.165) is 11.3 Å². The van der Waals surface area contributed by atoms with Gasteiger partial charge in [-0.05, 0) is 44.5 Å². The zero-order chi connectivity index (χ0) is 16.3. The summed E-state index contributed by atoms with van der Waals surface area (Å²) >= 11 is 0. The van der Waals surface area contributed by atoms with Crippen molar-refractivity contribution < 1.29 is 9.18 Å². The molecule has 1 heterocycles. The molecule has 0 aliphatic heterocycles. The number of carbonyl (C=O) groups excluding carboxylic acids is 1. The molecule has 6 heteroatoms. The predicted octanol–water partition coefficient (Wildman–Crippen LogP) is 3.66. The number of hydrogen-bond acceptors (Lipinski definition) is 5. The van der Waals surface area contributed by atoms with Crippen molar-refractivity contribution in [2.45, 2.75) is 27.7 Å². The molecule has 0 saturated carbocycles. The van der Waals surface area contributed by atoms with Gasteiger partial charge in [0.1, 0.15) is 17.8 Å². The molecular formula is C16H17FN4O. The van der Waals surface area contributed by atoms with E-state index in [9.17, 15) is 9.18 Å². The fourth-order valence-corrected chi connectivity index (χ4v) is 1.83. The molecule has 5 nitrogen and oxygen atoms in total. The number of Topliss-reactive ketones (excluding diaryl/α,β-unsaturated/α-hetero) is 1. The third kappa shape index (κ3) is 3.52. The largest absolute Gasteiger partial charge is 0.338 e. The van der Waals surface area contributed by atoms with Gasteiger partial charge in [0, 0.05) is 12.6 Å². The minimum absolute atomic E-state index is 0.118. The van der Waals surface area contributed by atoms with Crippen LogP contribution in [0.4, 0.5) is 21.6 Å². The van der Waals surface area contributed by atoms with Crippen molar-refractivity contribution in [3.63, 3.8) is 0 Å². The number of carbonyl (C=O) groups is 1. The summed E-state index contributed by atoms with van der Waals surface area (Å²) in [5, 5.41) is 3.12. The van der Waals surface area contributed by atoms with Crippen molar-refractivity contribution >= 4 is 28.7 Å². The molecule has 22 heavy (non-hydrogen) atoms. The van der Waals surface area contributed by atoms with E-state index in [1.165, 1.54) is 25.4 Å². The van der Waals surface area contributed by atoms with Crippen LogP contribution in [-0.2, 0) is 4.79 Å². The van der Waals surface area contributed by atoms with Crippen LogP contribution in [0.2, 0.25) is 0 Å². The van der Waals surface area contributed by atoms with Gasteiger partial charge in [0.2, 0.25) is 0 Å². The third-order valence-corrected chi connectivity index (χ3v) is 3.24. The predicted molar refractivity (Wildman–Crippen MR) is 84.6 cm³/mol. The minimum Gasteiger partial charge on any atom is -0.338 e. The van der Waals surface area contributed by atoms with E-state index in [2.05, 4.69) is 20.3 Å². The molecule has 1 aromatic carbocycles. The zero-order valence-corrected chi connectivity index (χ0v) is 12.9. The molecule has 0 spiro atoms. The van der Waals surface area contributed by atoms with E-state index < -0.39 is 0 Å². The van der Waals surface area contributed by atoms with Crippen LogP contribution in [0.15, 0.2) is 29.5 Å². The maximum atomic E-state index is 13.2. The van der Waals surface area contributed by atoms with Gasteiger partial charge in [0.05, 0.1) is 11.4 Å². The van der Waals surface area contributed by atoms with Crippen LogP contribution in [0.3, 0.4) is 0 Å². The summed E-state index contributed by atoms with van der Waals surface area (Å²) in [5.74, 6) is 0.0579. The molecule has 0 aliphatic carbocycles. The molecule has 2 aromatic rings. The quantitative estimate of drug-likeness (QED) is 0.875. The number of aromatic nitrogens is 2. The van der Waals surface area contributed by atoms with Crippen molar-refractivity contribution in [3.8, 4) is 0 Å². The monoisotopic (exact) mass is 300 g/mol. The average Bonchev–Trinajstić information content (AvgIpc) is 2.45. The standard InChI is InChI=1S/C16H17FN4O/c1-9-7-13(17)5-6-14(9)21-16-15(11(3)18-8-19-16)20-10(2)12(4)22/h5-8H,1-4H3,(H,18,19,21). The highest BCUT2D eigenvalue weighted by Crippen LogP contribution is 2.29. The van der Waals surface area contributed by atoms with Crippen LogP contribution >= 0.6 is 0 Å². The number of halogens is 1. The summed E-state index contributed by atoms with van der Waals surface area (Å²) < 4.78 is 13.2. The lowest BCUT2D eigenvalue weighted by Crippen LogP contribution is -2.05. The second-order valence-electron chi connectivity index (χ2n) is 4.99. The maximum Gasteiger partial charge on any atom is 0.173 e. The van der Waals surface area contributed by atoms with E-state index in [-0.39, 0.29) is 11.6 Å². The van der Waals surface area contributed by atoms with Crippen LogP contribution in [0.5, 0.6) is 0 Å². The molecule has 0 radical (unpaired) electrons. The second-order valence-corrected chi connectivity index (χ2v) is 4.99. The van der Waals surface area contributed by atoms with Crippen molar-refractivity contribution in [2.75, 3.05) is 5.32 Å². The van der Waals surface area contributed by atoms with Crippen molar-refractivity contribution in [2.24, 2.45) is 4.99 Å². The number of anilines is 2. The molecule has 0 bridgehead atoms. The Morgan fingerprint density at radius 2 is 1.95 bits per heavy atom. The molecule has 114 valence electrons. The van der Waals surface area contributed by atoms with Gasteiger partial charge in [-0.3, -0.25) is 4.79 Å². The number of hydrogen-bond donors (Lipinski definition) is 1. The van der Waals surface area contributed by atoms with Gasteiger partial charge in [0.15, 0.2) is 11.6 Å². The van der Waals surface area contributed by atoms with Crippen molar-refractivity contribution in [3.05, 3.63) is 41.6 Å². The molecule has 2 rings (SSSR count). The van der Waals surface area contributed by atoms with E-state index in [1.807, 2.05) is 0 Å². The first kappa shape index (κ1) is 15.8. The Balaban J connectivity index is 2.45. The zero-order valence-electron chi connectivity index (χ0n) is 12.9. The van der Waals surface area contributed by atoms with Gasteiger partial charge in [-0.25, -0.2) is 19.4 Å². The number of rotatable bonds is 4.